The molecule has 1 rings (SSSR count). The molecule has 82 valence electrons. The van der Waals surface area contributed by atoms with Crippen molar-refractivity contribution in [1.82, 2.24) is 15.3 Å². The van der Waals surface area contributed by atoms with Gasteiger partial charge in [0.25, 0.3) is 0 Å². The van der Waals surface area contributed by atoms with Crippen molar-refractivity contribution in [2.45, 2.75) is 32.2 Å². The summed E-state index contributed by atoms with van der Waals surface area (Å²) in [6.45, 7) is 2.09. The van der Waals surface area contributed by atoms with Gasteiger partial charge in [-0.15, -0.1) is 0 Å². The van der Waals surface area contributed by atoms with Gasteiger partial charge in [0.15, 0.2) is 5.82 Å². The van der Waals surface area contributed by atoms with Crippen LogP contribution in [0, 0.1) is 0 Å². The Morgan fingerprint density at radius 1 is 1.53 bits per heavy atom. The second-order valence-corrected chi connectivity index (χ2v) is 3.31. The van der Waals surface area contributed by atoms with Gasteiger partial charge in [0, 0.05) is 12.4 Å². The highest BCUT2D eigenvalue weighted by Gasteiger charge is 2.14. The standard InChI is InChI=1S/C10H16N4O/c1-2-3-5-8(14-10(11)15)9-12-6-4-7-13-9/h4,6-8H,2-3,5H2,1H3,(H3,11,14,15). The second-order valence-electron chi connectivity index (χ2n) is 3.31. The quantitative estimate of drug-likeness (QED) is 0.767. The normalized spacial score (nSPS) is 12.1. The predicted octanol–water partition coefficient (Wildman–Crippen LogP) is 1.38. The number of nitrogens with two attached hydrogens (primary N) is 1. The highest BCUT2D eigenvalue weighted by atomic mass is 16.2. The molecule has 0 aromatic carbocycles. The van der Waals surface area contributed by atoms with Gasteiger partial charge in [-0.2, -0.15) is 0 Å². The zero-order chi connectivity index (χ0) is 11.1. The van der Waals surface area contributed by atoms with Crippen molar-refractivity contribution in [2.75, 3.05) is 0 Å². The van der Waals surface area contributed by atoms with E-state index in [0.29, 0.717) is 5.82 Å². The van der Waals surface area contributed by atoms with Crippen LogP contribution in [0.2, 0.25) is 0 Å². The molecular formula is C10H16N4O. The maximum Gasteiger partial charge on any atom is 0.312 e. The number of rotatable bonds is 5. The minimum Gasteiger partial charge on any atom is -0.352 e. The number of hydrogen-bond donors (Lipinski definition) is 2. The van der Waals surface area contributed by atoms with Crippen LogP contribution in [0.25, 0.3) is 0 Å². The number of amides is 2. The van der Waals surface area contributed by atoms with Gasteiger partial charge in [-0.1, -0.05) is 19.8 Å². The van der Waals surface area contributed by atoms with E-state index in [1.54, 1.807) is 18.5 Å². The maximum atomic E-state index is 10.8. The number of primary amides is 1. The minimum absolute atomic E-state index is 0.177. The Balaban J connectivity index is 2.67. The topological polar surface area (TPSA) is 80.9 Å². The molecule has 2 amide bonds. The van der Waals surface area contributed by atoms with Crippen LogP contribution in [0.4, 0.5) is 4.79 Å². The maximum absolute atomic E-state index is 10.8. The SMILES string of the molecule is CCCCC(NC(N)=O)c1ncccn1. The molecule has 3 N–H and O–H groups in total. The van der Waals surface area contributed by atoms with Gasteiger partial charge >= 0.3 is 6.03 Å². The molecule has 1 heterocycles. The molecule has 0 spiro atoms. The van der Waals surface area contributed by atoms with Crippen molar-refractivity contribution in [3.05, 3.63) is 24.3 Å². The monoisotopic (exact) mass is 208 g/mol. The fourth-order valence-electron chi connectivity index (χ4n) is 1.34. The number of carbonyl (C=O) groups is 1. The minimum atomic E-state index is -0.538. The molecule has 0 radical (unpaired) electrons. The van der Waals surface area contributed by atoms with Gasteiger partial charge in [0.1, 0.15) is 0 Å². The molecule has 1 aromatic rings. The highest BCUT2D eigenvalue weighted by molar-refractivity contribution is 5.72. The van der Waals surface area contributed by atoms with Crippen molar-refractivity contribution in [3.8, 4) is 0 Å². The third kappa shape index (κ3) is 3.93. The van der Waals surface area contributed by atoms with Gasteiger partial charge in [-0.3, -0.25) is 0 Å². The molecule has 5 nitrogen and oxygen atoms in total. The van der Waals surface area contributed by atoms with Crippen LogP contribution in [-0.4, -0.2) is 16.0 Å². The van der Waals surface area contributed by atoms with Crippen molar-refractivity contribution in [3.63, 3.8) is 0 Å². The molecule has 0 aliphatic heterocycles. The van der Waals surface area contributed by atoms with E-state index in [1.807, 2.05) is 0 Å². The Labute approximate surface area is 89.1 Å². The summed E-state index contributed by atoms with van der Waals surface area (Å²) in [7, 11) is 0. The summed E-state index contributed by atoms with van der Waals surface area (Å²) in [5.74, 6) is 0.616. The molecule has 5 heteroatoms. The van der Waals surface area contributed by atoms with E-state index in [0.717, 1.165) is 19.3 Å². The van der Waals surface area contributed by atoms with E-state index in [1.165, 1.54) is 0 Å². The average Bonchev–Trinajstić information content (AvgIpc) is 2.25. The number of urea groups is 1. The van der Waals surface area contributed by atoms with Gasteiger partial charge in [0.05, 0.1) is 6.04 Å². The Morgan fingerprint density at radius 3 is 2.73 bits per heavy atom. The van der Waals surface area contributed by atoms with Crippen LogP contribution < -0.4 is 11.1 Å². The molecule has 1 aromatic heterocycles. The Morgan fingerprint density at radius 2 is 2.20 bits per heavy atom. The van der Waals surface area contributed by atoms with E-state index in [-0.39, 0.29) is 6.04 Å². The average molecular weight is 208 g/mol. The lowest BCUT2D eigenvalue weighted by molar-refractivity contribution is 0.243. The van der Waals surface area contributed by atoms with E-state index in [9.17, 15) is 4.79 Å². The van der Waals surface area contributed by atoms with Crippen LogP contribution in [-0.2, 0) is 0 Å². The summed E-state index contributed by atoms with van der Waals surface area (Å²) in [4.78, 5) is 19.0. The number of aromatic nitrogens is 2. The first-order valence-electron chi connectivity index (χ1n) is 5.07. The van der Waals surface area contributed by atoms with Crippen molar-refractivity contribution in [1.29, 1.82) is 0 Å². The summed E-state index contributed by atoms with van der Waals surface area (Å²) in [6, 6.07) is 1.03. The fraction of sp³-hybridized carbons (Fsp3) is 0.500. The summed E-state index contributed by atoms with van der Waals surface area (Å²) in [5.41, 5.74) is 5.10. The zero-order valence-electron chi connectivity index (χ0n) is 8.81. The van der Waals surface area contributed by atoms with Crippen LogP contribution in [0.3, 0.4) is 0 Å². The van der Waals surface area contributed by atoms with Crippen molar-refractivity contribution >= 4 is 6.03 Å². The van der Waals surface area contributed by atoms with Crippen molar-refractivity contribution < 1.29 is 4.79 Å². The van der Waals surface area contributed by atoms with E-state index < -0.39 is 6.03 Å². The second kappa shape index (κ2) is 5.95. The predicted molar refractivity (Wildman–Crippen MR) is 57.0 cm³/mol. The molecule has 0 bridgehead atoms. The molecule has 1 unspecified atom stereocenters. The molecule has 0 saturated carbocycles. The van der Waals surface area contributed by atoms with E-state index >= 15 is 0 Å². The number of nitrogens with zero attached hydrogens (tertiary/aromatic N) is 2. The van der Waals surface area contributed by atoms with Gasteiger partial charge in [-0.25, -0.2) is 14.8 Å². The lowest BCUT2D eigenvalue weighted by atomic mass is 10.1. The molecule has 15 heavy (non-hydrogen) atoms. The Bertz CT molecular complexity index is 302. The highest BCUT2D eigenvalue weighted by Crippen LogP contribution is 2.14. The first kappa shape index (κ1) is 11.4. The number of nitrogens with one attached hydrogen (secondary N) is 1. The first-order chi connectivity index (χ1) is 7.24. The van der Waals surface area contributed by atoms with Crippen molar-refractivity contribution in [2.24, 2.45) is 5.73 Å². The first-order valence-corrected chi connectivity index (χ1v) is 5.07. The van der Waals surface area contributed by atoms with Crippen LogP contribution in [0.1, 0.15) is 38.1 Å². The lowest BCUT2D eigenvalue weighted by Gasteiger charge is -2.15. The molecule has 0 aliphatic carbocycles. The van der Waals surface area contributed by atoms with Crippen LogP contribution in [0.5, 0.6) is 0 Å². The third-order valence-corrected chi connectivity index (χ3v) is 2.06. The number of unbranched alkanes of at least 4 members (excludes halogenated alkanes) is 1. The number of carbonyl (C=O) groups excluding carboxylic acids is 1. The largest absolute Gasteiger partial charge is 0.352 e. The van der Waals surface area contributed by atoms with E-state index in [4.69, 9.17) is 5.73 Å². The molecule has 0 fully saturated rings. The lowest BCUT2D eigenvalue weighted by Crippen LogP contribution is -2.34. The third-order valence-electron chi connectivity index (χ3n) is 2.06. The summed E-state index contributed by atoms with van der Waals surface area (Å²) < 4.78 is 0. The summed E-state index contributed by atoms with van der Waals surface area (Å²) in [5, 5.41) is 2.64. The van der Waals surface area contributed by atoms with Gasteiger partial charge < -0.3 is 11.1 Å². The number of hydrogen-bond acceptors (Lipinski definition) is 3. The van der Waals surface area contributed by atoms with Crippen LogP contribution in [0.15, 0.2) is 18.5 Å². The molecule has 0 saturated heterocycles. The van der Waals surface area contributed by atoms with Gasteiger partial charge in [0.2, 0.25) is 0 Å². The Hall–Kier alpha value is -1.65. The van der Waals surface area contributed by atoms with Crippen LogP contribution >= 0.6 is 0 Å². The zero-order valence-corrected chi connectivity index (χ0v) is 8.81. The molecule has 1 atom stereocenters. The molecular weight excluding hydrogens is 192 g/mol. The fourth-order valence-corrected chi connectivity index (χ4v) is 1.34. The smallest absolute Gasteiger partial charge is 0.312 e. The Kier molecular flexibility index (Phi) is 4.53. The summed E-state index contributed by atoms with van der Waals surface area (Å²) >= 11 is 0. The van der Waals surface area contributed by atoms with E-state index in [2.05, 4.69) is 22.2 Å². The summed E-state index contributed by atoms with van der Waals surface area (Å²) in [6.07, 6.45) is 6.18. The molecule has 0 aliphatic rings. The van der Waals surface area contributed by atoms with Gasteiger partial charge in [-0.05, 0) is 12.5 Å².